The third-order valence-corrected chi connectivity index (χ3v) is 2.97. The quantitative estimate of drug-likeness (QED) is 0.396. The van der Waals surface area contributed by atoms with Gasteiger partial charge in [0.25, 0.3) is 0 Å². The van der Waals surface area contributed by atoms with E-state index in [0.29, 0.717) is 6.61 Å². The lowest BCUT2D eigenvalue weighted by Gasteiger charge is -2.27. The summed E-state index contributed by atoms with van der Waals surface area (Å²) in [4.78, 5) is 1.86. The molecule has 0 saturated carbocycles. The van der Waals surface area contributed by atoms with Crippen LogP contribution in [-0.2, 0) is 4.74 Å². The monoisotopic (exact) mass is 238 g/mol. The summed E-state index contributed by atoms with van der Waals surface area (Å²) in [6.07, 6.45) is 6.25. The molecule has 1 aliphatic carbocycles. The summed E-state index contributed by atoms with van der Waals surface area (Å²) in [5.41, 5.74) is 0.964. The van der Waals surface area contributed by atoms with Gasteiger partial charge in [-0.3, -0.25) is 10.4 Å². The highest BCUT2D eigenvalue weighted by atomic mass is 16.5. The van der Waals surface area contributed by atoms with E-state index < -0.39 is 0 Å². The van der Waals surface area contributed by atoms with Crippen LogP contribution in [0.1, 0.15) is 20.3 Å². The van der Waals surface area contributed by atoms with Crippen molar-refractivity contribution in [3.8, 4) is 0 Å². The number of nitrogens with one attached hydrogen (secondary N) is 1. The molecule has 0 aromatic rings. The maximum absolute atomic E-state index is 7.30. The first kappa shape index (κ1) is 13.7. The molecule has 1 rings (SSSR count). The summed E-state index contributed by atoms with van der Waals surface area (Å²) < 4.78 is 5.08. The molecule has 96 valence electrons. The first-order valence-electron chi connectivity index (χ1n) is 5.86. The number of rotatable bonds is 8. The predicted octanol–water partition coefficient (Wildman–Crippen LogP) is 1.53. The summed E-state index contributed by atoms with van der Waals surface area (Å²) >= 11 is 0. The van der Waals surface area contributed by atoms with Crippen LogP contribution in [0.25, 0.3) is 0 Å². The summed E-state index contributed by atoms with van der Waals surface area (Å²) in [5.74, 6) is 0. The fourth-order valence-corrected chi connectivity index (χ4v) is 1.58. The molecule has 0 heterocycles. The van der Waals surface area contributed by atoms with Gasteiger partial charge in [-0.2, -0.15) is 5.10 Å². The van der Waals surface area contributed by atoms with Crippen molar-refractivity contribution >= 4 is 12.6 Å². The number of likely N-dealkylation sites (N-methyl/N-ethyl adjacent to an activating group) is 1. The third kappa shape index (κ3) is 3.06. The van der Waals surface area contributed by atoms with Crippen molar-refractivity contribution in [1.82, 2.24) is 9.91 Å². The van der Waals surface area contributed by atoms with Crippen LogP contribution < -0.4 is 0 Å². The second-order valence-electron chi connectivity index (χ2n) is 4.24. The van der Waals surface area contributed by atoms with Crippen LogP contribution in [0, 0.1) is 5.41 Å². The number of ether oxygens (including phenoxy) is 1. The van der Waals surface area contributed by atoms with Crippen molar-refractivity contribution in [2.75, 3.05) is 27.3 Å². The van der Waals surface area contributed by atoms with Gasteiger partial charge in [-0.25, -0.2) is 0 Å². The Kier molecular flexibility index (Phi) is 4.69. The first-order valence-corrected chi connectivity index (χ1v) is 5.86. The lowest BCUT2D eigenvalue weighted by atomic mass is 10.2. The number of nitrogens with zero attached hydrogens (tertiary/aromatic N) is 3. The fraction of sp³-hybridized carbons (Fsp3) is 0.667. The molecule has 1 atom stereocenters. The number of hydrazone groups is 1. The topological polar surface area (TPSA) is 51.9 Å². The summed E-state index contributed by atoms with van der Waals surface area (Å²) in [6.45, 7) is 5.51. The molecule has 0 aliphatic heterocycles. The van der Waals surface area contributed by atoms with Crippen LogP contribution >= 0.6 is 0 Å². The minimum absolute atomic E-state index is 0.166. The van der Waals surface area contributed by atoms with Crippen molar-refractivity contribution in [2.24, 2.45) is 5.10 Å². The lowest BCUT2D eigenvalue weighted by Crippen LogP contribution is -2.36. The van der Waals surface area contributed by atoms with E-state index in [2.05, 4.69) is 25.0 Å². The van der Waals surface area contributed by atoms with Crippen molar-refractivity contribution in [2.45, 2.75) is 25.8 Å². The Balaban J connectivity index is 2.64. The van der Waals surface area contributed by atoms with Crippen LogP contribution in [0.4, 0.5) is 0 Å². The second kappa shape index (κ2) is 5.82. The molecule has 0 aromatic carbocycles. The number of methoxy groups -OCH3 is 1. The van der Waals surface area contributed by atoms with Crippen LogP contribution in [0.15, 0.2) is 16.9 Å². The smallest absolute Gasteiger partial charge is 0.0999 e. The average molecular weight is 238 g/mol. The van der Waals surface area contributed by atoms with Crippen LogP contribution in [0.5, 0.6) is 0 Å². The minimum Gasteiger partial charge on any atom is -0.383 e. The van der Waals surface area contributed by atoms with E-state index in [9.17, 15) is 0 Å². The molecule has 0 spiro atoms. The van der Waals surface area contributed by atoms with Gasteiger partial charge >= 0.3 is 0 Å². The molecule has 0 saturated heterocycles. The van der Waals surface area contributed by atoms with Gasteiger partial charge in [0.2, 0.25) is 0 Å². The van der Waals surface area contributed by atoms with E-state index >= 15 is 0 Å². The molecule has 0 amide bonds. The number of hydrogen-bond acceptors (Lipinski definition) is 4. The van der Waals surface area contributed by atoms with Gasteiger partial charge in [0.15, 0.2) is 0 Å². The molecule has 0 bridgehead atoms. The van der Waals surface area contributed by atoms with E-state index in [1.807, 2.05) is 23.2 Å². The van der Waals surface area contributed by atoms with Crippen LogP contribution in [-0.4, -0.2) is 55.3 Å². The summed E-state index contributed by atoms with van der Waals surface area (Å²) in [6, 6.07) is 0. The average Bonchev–Trinajstić information content (AvgIpc) is 3.02. The zero-order valence-electron chi connectivity index (χ0n) is 11.1. The molecule has 0 radical (unpaired) electrons. The van der Waals surface area contributed by atoms with Crippen molar-refractivity contribution in [3.63, 3.8) is 0 Å². The molecule has 0 fully saturated rings. The van der Waals surface area contributed by atoms with Crippen LogP contribution in [0.2, 0.25) is 0 Å². The van der Waals surface area contributed by atoms with Gasteiger partial charge in [0.1, 0.15) is 0 Å². The summed E-state index contributed by atoms with van der Waals surface area (Å²) in [5, 5.41) is 13.7. The Morgan fingerprint density at radius 3 is 2.82 bits per heavy atom. The number of hydrogen-bond donors (Lipinski definition) is 1. The van der Waals surface area contributed by atoms with E-state index in [1.165, 1.54) is 6.34 Å². The normalized spacial score (nSPS) is 22.5. The van der Waals surface area contributed by atoms with Gasteiger partial charge in [-0.15, -0.1) is 0 Å². The predicted molar refractivity (Wildman–Crippen MR) is 70.4 cm³/mol. The molecular formula is C12H22N4O. The maximum Gasteiger partial charge on any atom is 0.0999 e. The van der Waals surface area contributed by atoms with Gasteiger partial charge in [0, 0.05) is 20.4 Å². The van der Waals surface area contributed by atoms with Crippen molar-refractivity contribution in [3.05, 3.63) is 11.8 Å². The SMILES string of the molecule is CC/C=N\N(CCOC)C1=C[C@]1(C)N(C)C=N. The maximum atomic E-state index is 7.30. The highest BCUT2D eigenvalue weighted by molar-refractivity contribution is 5.61. The zero-order chi connectivity index (χ0) is 12.9. The largest absolute Gasteiger partial charge is 0.383 e. The molecule has 1 aliphatic rings. The Hall–Kier alpha value is -1.36. The van der Waals surface area contributed by atoms with E-state index in [1.54, 1.807) is 7.11 Å². The fourth-order valence-electron chi connectivity index (χ4n) is 1.58. The van der Waals surface area contributed by atoms with Crippen molar-refractivity contribution in [1.29, 1.82) is 5.41 Å². The molecule has 0 aromatic heterocycles. The summed E-state index contributed by atoms with van der Waals surface area (Å²) in [7, 11) is 3.58. The van der Waals surface area contributed by atoms with Crippen LogP contribution in [0.3, 0.4) is 0 Å². The molecule has 5 nitrogen and oxygen atoms in total. The first-order chi connectivity index (χ1) is 8.10. The zero-order valence-corrected chi connectivity index (χ0v) is 11.1. The standard InChI is InChI=1S/C12H22N4O/c1-5-6-14-16(7-8-17-4)11-9-12(11,2)15(3)10-13/h6,9-10,13H,5,7-8H2,1-4H3/b13-10?,14-6-/t12-/m0/s1. The molecule has 17 heavy (non-hydrogen) atoms. The van der Waals surface area contributed by atoms with E-state index in [0.717, 1.165) is 18.7 Å². The Labute approximate surface area is 103 Å². The molecule has 5 heteroatoms. The molecule has 1 N–H and O–H groups in total. The van der Waals surface area contributed by atoms with E-state index in [4.69, 9.17) is 10.1 Å². The Morgan fingerprint density at radius 1 is 1.59 bits per heavy atom. The second-order valence-corrected chi connectivity index (χ2v) is 4.24. The molecular weight excluding hydrogens is 216 g/mol. The third-order valence-electron chi connectivity index (χ3n) is 2.97. The van der Waals surface area contributed by atoms with E-state index in [-0.39, 0.29) is 5.54 Å². The van der Waals surface area contributed by atoms with Gasteiger partial charge in [-0.1, -0.05) is 6.92 Å². The van der Waals surface area contributed by atoms with Gasteiger partial charge in [-0.05, 0) is 19.4 Å². The highest BCUT2D eigenvalue weighted by Crippen LogP contribution is 2.40. The van der Waals surface area contributed by atoms with Gasteiger partial charge < -0.3 is 9.64 Å². The van der Waals surface area contributed by atoms with Crippen molar-refractivity contribution < 1.29 is 4.74 Å². The Morgan fingerprint density at radius 2 is 2.29 bits per heavy atom. The minimum atomic E-state index is -0.166. The highest BCUT2D eigenvalue weighted by Gasteiger charge is 2.45. The van der Waals surface area contributed by atoms with Gasteiger partial charge in [0.05, 0.1) is 30.7 Å². The Bertz CT molecular complexity index is 326. The lowest BCUT2D eigenvalue weighted by molar-refractivity contribution is 0.162. The molecule has 0 unspecified atom stereocenters.